The van der Waals surface area contributed by atoms with Crippen LogP contribution in [0.4, 0.5) is 5.82 Å². The summed E-state index contributed by atoms with van der Waals surface area (Å²) >= 11 is 6.19. The molecule has 3 heterocycles. The van der Waals surface area contributed by atoms with E-state index in [9.17, 15) is 8.42 Å². The highest BCUT2D eigenvalue weighted by Crippen LogP contribution is 2.35. The molecular weight excluding hydrogens is 472 g/mol. The van der Waals surface area contributed by atoms with Gasteiger partial charge in [-0.2, -0.15) is 5.10 Å². The lowest BCUT2D eigenvalue weighted by molar-refractivity contribution is 0.606. The molecule has 0 unspecified atom stereocenters. The molecule has 10 heteroatoms. The van der Waals surface area contributed by atoms with Gasteiger partial charge in [0.05, 0.1) is 22.2 Å². The summed E-state index contributed by atoms with van der Waals surface area (Å²) in [4.78, 5) is 0. The number of aromatic nitrogens is 5. The van der Waals surface area contributed by atoms with Gasteiger partial charge < -0.3 is 0 Å². The van der Waals surface area contributed by atoms with E-state index in [-0.39, 0.29) is 5.82 Å². The maximum absolute atomic E-state index is 11.4. The van der Waals surface area contributed by atoms with Crippen molar-refractivity contribution in [2.75, 3.05) is 11.0 Å². The van der Waals surface area contributed by atoms with E-state index in [0.717, 1.165) is 28.8 Å². The highest BCUT2D eigenvalue weighted by Gasteiger charge is 2.19. The molecule has 3 aromatic heterocycles. The Morgan fingerprint density at radius 2 is 1.68 bits per heavy atom. The average molecular weight is 507 g/mol. The molecule has 0 saturated heterocycles. The lowest BCUT2D eigenvalue weighted by Crippen LogP contribution is -2.10. The number of nitrogens with zero attached hydrogens (tertiary/aromatic N) is 5. The van der Waals surface area contributed by atoms with Crippen molar-refractivity contribution in [1.82, 2.24) is 24.4 Å². The molecule has 4 rings (SSSR count). The Bertz CT molecular complexity index is 1370. The van der Waals surface area contributed by atoms with Gasteiger partial charge in [-0.15, -0.1) is 10.2 Å². The third kappa shape index (κ3) is 6.27. The zero-order valence-electron chi connectivity index (χ0n) is 21.4. The van der Waals surface area contributed by atoms with Gasteiger partial charge in [-0.1, -0.05) is 59.2 Å². The SMILES string of the molecule is CC.CC(C)c1ccc(Cl)c2c(NS(C)(=O)=O)nn(C)c12.Cc1nnc2cc(C(C)C)ccn12. The van der Waals surface area contributed by atoms with Gasteiger partial charge in [-0.05, 0) is 48.1 Å². The number of pyridine rings is 1. The summed E-state index contributed by atoms with van der Waals surface area (Å²) in [7, 11) is -1.61. The summed E-state index contributed by atoms with van der Waals surface area (Å²) in [6, 6.07) is 7.92. The smallest absolute Gasteiger partial charge is 0.231 e. The van der Waals surface area contributed by atoms with E-state index in [1.165, 1.54) is 5.56 Å². The van der Waals surface area contributed by atoms with Crippen LogP contribution in [-0.4, -0.2) is 39.1 Å². The first-order chi connectivity index (χ1) is 15.9. The lowest BCUT2D eigenvalue weighted by Gasteiger charge is -2.09. The predicted octanol–water partition coefficient (Wildman–Crippen LogP) is 5.91. The average Bonchev–Trinajstić information content (AvgIpc) is 3.29. The Morgan fingerprint density at radius 3 is 2.24 bits per heavy atom. The molecule has 0 fully saturated rings. The molecule has 0 aliphatic rings. The highest BCUT2D eigenvalue weighted by atomic mass is 35.5. The normalized spacial score (nSPS) is 11.4. The quantitative estimate of drug-likeness (QED) is 0.371. The van der Waals surface area contributed by atoms with Crippen LogP contribution < -0.4 is 4.72 Å². The van der Waals surface area contributed by atoms with E-state index in [2.05, 4.69) is 59.8 Å². The van der Waals surface area contributed by atoms with Crippen molar-refractivity contribution < 1.29 is 8.42 Å². The Labute approximate surface area is 207 Å². The van der Waals surface area contributed by atoms with E-state index in [4.69, 9.17) is 11.6 Å². The highest BCUT2D eigenvalue weighted by molar-refractivity contribution is 7.92. The van der Waals surface area contributed by atoms with Crippen molar-refractivity contribution in [3.63, 3.8) is 0 Å². The van der Waals surface area contributed by atoms with E-state index >= 15 is 0 Å². The summed E-state index contributed by atoms with van der Waals surface area (Å²) in [5.41, 5.74) is 4.17. The minimum absolute atomic E-state index is 0.271. The third-order valence-electron chi connectivity index (χ3n) is 5.14. The molecule has 0 spiro atoms. The Kier molecular flexibility index (Phi) is 9.08. The van der Waals surface area contributed by atoms with Crippen LogP contribution in [0.3, 0.4) is 0 Å². The number of hydrogen-bond acceptors (Lipinski definition) is 5. The Morgan fingerprint density at radius 1 is 1.03 bits per heavy atom. The van der Waals surface area contributed by atoms with Crippen molar-refractivity contribution in [2.45, 2.75) is 60.3 Å². The first-order valence-electron chi connectivity index (χ1n) is 11.3. The van der Waals surface area contributed by atoms with Crippen molar-refractivity contribution in [3.8, 4) is 0 Å². The molecule has 34 heavy (non-hydrogen) atoms. The minimum atomic E-state index is -3.39. The van der Waals surface area contributed by atoms with Crippen LogP contribution in [0.1, 0.15) is 70.3 Å². The summed E-state index contributed by atoms with van der Waals surface area (Å²) < 4.78 is 28.8. The van der Waals surface area contributed by atoms with Gasteiger partial charge in [-0.25, -0.2) is 8.42 Å². The van der Waals surface area contributed by atoms with Crippen molar-refractivity contribution in [1.29, 1.82) is 0 Å². The van der Waals surface area contributed by atoms with Crippen LogP contribution in [0.25, 0.3) is 16.6 Å². The van der Waals surface area contributed by atoms with E-state index in [1.807, 2.05) is 37.4 Å². The number of rotatable bonds is 4. The van der Waals surface area contributed by atoms with Gasteiger partial charge in [0.15, 0.2) is 11.5 Å². The maximum Gasteiger partial charge on any atom is 0.231 e. The number of benzene rings is 1. The molecule has 1 N–H and O–H groups in total. The summed E-state index contributed by atoms with van der Waals surface area (Å²) in [5.74, 6) is 2.04. The van der Waals surface area contributed by atoms with Crippen LogP contribution in [0, 0.1) is 6.92 Å². The molecular formula is C24H35ClN6O2S. The van der Waals surface area contributed by atoms with Crippen LogP contribution in [0.15, 0.2) is 30.5 Å². The van der Waals surface area contributed by atoms with Crippen LogP contribution in [0.2, 0.25) is 5.02 Å². The topological polar surface area (TPSA) is 94.2 Å². The zero-order chi connectivity index (χ0) is 25.8. The second kappa shape index (κ2) is 11.2. The molecule has 0 aliphatic heterocycles. The molecule has 0 atom stereocenters. The third-order valence-corrected chi connectivity index (χ3v) is 6.02. The van der Waals surface area contributed by atoms with E-state index in [1.54, 1.807) is 17.8 Å². The van der Waals surface area contributed by atoms with Gasteiger partial charge in [0.25, 0.3) is 0 Å². The number of hydrogen-bond donors (Lipinski definition) is 1. The lowest BCUT2D eigenvalue weighted by atomic mass is 10.0. The molecule has 0 saturated carbocycles. The van der Waals surface area contributed by atoms with Crippen molar-refractivity contribution >= 4 is 44.0 Å². The van der Waals surface area contributed by atoms with Crippen LogP contribution >= 0.6 is 11.6 Å². The molecule has 4 aromatic rings. The first kappa shape index (κ1) is 27.6. The summed E-state index contributed by atoms with van der Waals surface area (Å²) in [5, 5.41) is 13.4. The van der Waals surface area contributed by atoms with Gasteiger partial charge in [0, 0.05) is 13.2 Å². The van der Waals surface area contributed by atoms with E-state index < -0.39 is 10.0 Å². The predicted molar refractivity (Wildman–Crippen MR) is 141 cm³/mol. The molecule has 0 aliphatic carbocycles. The number of fused-ring (bicyclic) bond motifs is 2. The second-order valence-corrected chi connectivity index (χ2v) is 10.6. The summed E-state index contributed by atoms with van der Waals surface area (Å²) in [6.45, 7) is 14.4. The number of halogens is 1. The fourth-order valence-electron chi connectivity index (χ4n) is 3.50. The minimum Gasteiger partial charge on any atom is -0.287 e. The van der Waals surface area contributed by atoms with Crippen molar-refractivity contribution in [2.24, 2.45) is 7.05 Å². The number of sulfonamides is 1. The molecule has 8 nitrogen and oxygen atoms in total. The largest absolute Gasteiger partial charge is 0.287 e. The Hall–Kier alpha value is -2.65. The fourth-order valence-corrected chi connectivity index (χ4v) is 4.24. The molecule has 186 valence electrons. The monoisotopic (exact) mass is 506 g/mol. The molecule has 0 radical (unpaired) electrons. The standard InChI is InChI=1S/C12H16ClN3O2S.C10H13N3.C2H6/c1-7(2)8-5-6-9(13)10-11(8)16(3)14-12(10)15-19(4,17)18;1-7(2)9-4-5-13-8(3)11-12-10(13)6-9;1-2/h5-7H,1-4H3,(H,14,15);4-7H,1-3H3;1-2H3. The van der Waals surface area contributed by atoms with Gasteiger partial charge in [0.1, 0.15) is 5.82 Å². The van der Waals surface area contributed by atoms with Crippen LogP contribution in [0.5, 0.6) is 0 Å². The first-order valence-corrected chi connectivity index (χ1v) is 13.6. The molecule has 0 amide bonds. The van der Waals surface area contributed by atoms with E-state index in [0.29, 0.717) is 22.2 Å². The van der Waals surface area contributed by atoms with Gasteiger partial charge in [0.2, 0.25) is 10.0 Å². The number of anilines is 1. The fraction of sp³-hybridized carbons (Fsp3) is 0.458. The van der Waals surface area contributed by atoms with Gasteiger partial charge in [-0.3, -0.25) is 13.8 Å². The summed E-state index contributed by atoms with van der Waals surface area (Å²) in [6.07, 6.45) is 3.12. The van der Waals surface area contributed by atoms with Gasteiger partial charge >= 0.3 is 0 Å². The maximum atomic E-state index is 11.4. The number of aryl methyl sites for hydroxylation is 2. The molecule has 1 aromatic carbocycles. The Balaban J connectivity index is 0.000000237. The zero-order valence-corrected chi connectivity index (χ0v) is 23.0. The molecule has 0 bridgehead atoms. The number of nitrogens with one attached hydrogen (secondary N) is 1. The van der Waals surface area contributed by atoms with Crippen LogP contribution in [-0.2, 0) is 17.1 Å². The van der Waals surface area contributed by atoms with Crippen molar-refractivity contribution in [3.05, 3.63) is 52.4 Å². The second-order valence-electron chi connectivity index (χ2n) is 8.45.